The maximum atomic E-state index is 11.8. The first kappa shape index (κ1) is 13.3. The van der Waals surface area contributed by atoms with Gasteiger partial charge in [0.2, 0.25) is 10.0 Å². The van der Waals surface area contributed by atoms with Crippen molar-refractivity contribution in [2.75, 3.05) is 18.9 Å². The van der Waals surface area contributed by atoms with E-state index in [9.17, 15) is 8.42 Å². The molecule has 6 heteroatoms. The van der Waals surface area contributed by atoms with Crippen LogP contribution < -0.4 is 10.5 Å². The summed E-state index contributed by atoms with van der Waals surface area (Å²) < 4.78 is 32.1. The Morgan fingerprint density at radius 1 is 1.24 bits per heavy atom. The molecular formula is C11H22N2O3S. The number of hydrogen-bond acceptors (Lipinski definition) is 4. The van der Waals surface area contributed by atoms with Crippen molar-refractivity contribution in [2.24, 2.45) is 11.7 Å². The summed E-state index contributed by atoms with van der Waals surface area (Å²) in [5, 5.41) is 0. The van der Waals surface area contributed by atoms with Crippen LogP contribution in [0.3, 0.4) is 0 Å². The number of nitrogens with one attached hydrogen (secondary N) is 1. The molecule has 0 radical (unpaired) electrons. The number of unbranched alkanes of at least 4 members (excludes halogenated alkanes) is 1. The van der Waals surface area contributed by atoms with Gasteiger partial charge >= 0.3 is 0 Å². The van der Waals surface area contributed by atoms with Crippen LogP contribution >= 0.6 is 0 Å². The van der Waals surface area contributed by atoms with E-state index in [-0.39, 0.29) is 17.9 Å². The minimum Gasteiger partial charge on any atom is -0.376 e. The van der Waals surface area contributed by atoms with Gasteiger partial charge in [-0.05, 0) is 44.6 Å². The Kier molecular flexibility index (Phi) is 4.41. The van der Waals surface area contributed by atoms with E-state index in [0.29, 0.717) is 25.5 Å². The molecule has 0 spiro atoms. The zero-order valence-corrected chi connectivity index (χ0v) is 10.9. The minimum absolute atomic E-state index is 0.00891. The van der Waals surface area contributed by atoms with Gasteiger partial charge in [-0.2, -0.15) is 0 Å². The first-order chi connectivity index (χ1) is 8.12. The van der Waals surface area contributed by atoms with Gasteiger partial charge in [0, 0.05) is 6.61 Å². The van der Waals surface area contributed by atoms with E-state index in [2.05, 4.69) is 4.72 Å². The van der Waals surface area contributed by atoms with Gasteiger partial charge in [0.15, 0.2) is 0 Å². The second kappa shape index (κ2) is 5.65. The van der Waals surface area contributed by atoms with Crippen molar-refractivity contribution in [3.05, 3.63) is 0 Å². The standard InChI is InChI=1S/C11H22N2O3S/c12-6-1-2-8-17(14,15)13-10-5-7-16-11(10)9-3-4-9/h9-11,13H,1-8,12H2. The highest BCUT2D eigenvalue weighted by Gasteiger charge is 2.41. The maximum absolute atomic E-state index is 11.8. The van der Waals surface area contributed by atoms with Gasteiger partial charge in [0.25, 0.3) is 0 Å². The summed E-state index contributed by atoms with van der Waals surface area (Å²) in [6.45, 7) is 1.23. The first-order valence-electron chi connectivity index (χ1n) is 6.44. The molecule has 2 aliphatic rings. The highest BCUT2D eigenvalue weighted by Crippen LogP contribution is 2.38. The van der Waals surface area contributed by atoms with Crippen molar-refractivity contribution < 1.29 is 13.2 Å². The largest absolute Gasteiger partial charge is 0.376 e. The number of ether oxygens (including phenoxy) is 1. The highest BCUT2D eigenvalue weighted by molar-refractivity contribution is 7.89. The predicted octanol–water partition coefficient (Wildman–Crippen LogP) is 0.212. The SMILES string of the molecule is NCCCCS(=O)(=O)NC1CCOC1C1CC1. The van der Waals surface area contributed by atoms with Crippen LogP contribution in [0.25, 0.3) is 0 Å². The van der Waals surface area contributed by atoms with Gasteiger partial charge < -0.3 is 10.5 Å². The Balaban J connectivity index is 1.81. The van der Waals surface area contributed by atoms with Crippen LogP contribution in [0.15, 0.2) is 0 Å². The average molecular weight is 262 g/mol. The third-order valence-electron chi connectivity index (χ3n) is 3.42. The molecule has 17 heavy (non-hydrogen) atoms. The lowest BCUT2D eigenvalue weighted by Crippen LogP contribution is -2.42. The summed E-state index contributed by atoms with van der Waals surface area (Å²) >= 11 is 0. The predicted molar refractivity (Wildman–Crippen MR) is 66.1 cm³/mol. The fourth-order valence-electron chi connectivity index (χ4n) is 2.35. The van der Waals surface area contributed by atoms with Crippen molar-refractivity contribution in [3.63, 3.8) is 0 Å². The molecule has 1 saturated heterocycles. The van der Waals surface area contributed by atoms with Gasteiger partial charge in [0.05, 0.1) is 17.9 Å². The molecule has 0 aromatic rings. The molecule has 2 fully saturated rings. The summed E-state index contributed by atoms with van der Waals surface area (Å²) in [7, 11) is -3.16. The molecule has 0 amide bonds. The average Bonchev–Trinajstić information content (AvgIpc) is 3.00. The Morgan fingerprint density at radius 2 is 2.00 bits per heavy atom. The molecule has 0 aromatic carbocycles. The highest BCUT2D eigenvalue weighted by atomic mass is 32.2. The molecule has 100 valence electrons. The van der Waals surface area contributed by atoms with Crippen LogP contribution in [-0.4, -0.2) is 39.5 Å². The molecule has 1 heterocycles. The van der Waals surface area contributed by atoms with E-state index in [1.54, 1.807) is 0 Å². The lowest BCUT2D eigenvalue weighted by molar-refractivity contribution is 0.0848. The van der Waals surface area contributed by atoms with E-state index in [4.69, 9.17) is 10.5 Å². The Hall–Kier alpha value is -0.170. The third kappa shape index (κ3) is 3.91. The second-order valence-corrected chi connectivity index (χ2v) is 6.87. The van der Waals surface area contributed by atoms with Crippen LogP contribution in [0.4, 0.5) is 0 Å². The quantitative estimate of drug-likeness (QED) is 0.643. The molecule has 0 aromatic heterocycles. The number of sulfonamides is 1. The first-order valence-corrected chi connectivity index (χ1v) is 8.09. The van der Waals surface area contributed by atoms with Crippen LogP contribution in [0.1, 0.15) is 32.1 Å². The van der Waals surface area contributed by atoms with Crippen LogP contribution in [0.5, 0.6) is 0 Å². The van der Waals surface area contributed by atoms with E-state index in [0.717, 1.165) is 12.8 Å². The summed E-state index contributed by atoms with van der Waals surface area (Å²) in [5.41, 5.74) is 5.36. The molecule has 1 aliphatic carbocycles. The monoisotopic (exact) mass is 262 g/mol. The Labute approximate surface area is 103 Å². The van der Waals surface area contributed by atoms with E-state index >= 15 is 0 Å². The van der Waals surface area contributed by atoms with Crippen molar-refractivity contribution in [3.8, 4) is 0 Å². The molecule has 2 atom stereocenters. The Bertz CT molecular complexity index is 341. The molecule has 2 unspecified atom stereocenters. The molecule has 5 nitrogen and oxygen atoms in total. The second-order valence-electron chi connectivity index (χ2n) is 5.00. The molecule has 2 rings (SSSR count). The maximum Gasteiger partial charge on any atom is 0.211 e. The van der Waals surface area contributed by atoms with Gasteiger partial charge in [0.1, 0.15) is 0 Å². The zero-order valence-electron chi connectivity index (χ0n) is 10.1. The summed E-state index contributed by atoms with van der Waals surface area (Å²) in [6.07, 6.45) is 4.66. The smallest absolute Gasteiger partial charge is 0.211 e. The summed E-state index contributed by atoms with van der Waals surface area (Å²) in [4.78, 5) is 0. The molecular weight excluding hydrogens is 240 g/mol. The van der Waals surface area contributed by atoms with E-state index < -0.39 is 10.0 Å². The van der Waals surface area contributed by atoms with E-state index in [1.165, 1.54) is 12.8 Å². The van der Waals surface area contributed by atoms with Gasteiger partial charge in [-0.1, -0.05) is 0 Å². The van der Waals surface area contributed by atoms with Gasteiger partial charge in [-0.3, -0.25) is 0 Å². The molecule has 1 aliphatic heterocycles. The number of hydrogen-bond donors (Lipinski definition) is 2. The molecule has 3 N–H and O–H groups in total. The molecule has 1 saturated carbocycles. The van der Waals surface area contributed by atoms with Crippen molar-refractivity contribution in [1.82, 2.24) is 4.72 Å². The van der Waals surface area contributed by atoms with Gasteiger partial charge in [-0.15, -0.1) is 0 Å². The number of rotatable bonds is 7. The fraction of sp³-hybridized carbons (Fsp3) is 1.00. The summed E-state index contributed by atoms with van der Waals surface area (Å²) in [6, 6.07) is -0.00891. The van der Waals surface area contributed by atoms with Crippen molar-refractivity contribution in [1.29, 1.82) is 0 Å². The van der Waals surface area contributed by atoms with Gasteiger partial charge in [-0.25, -0.2) is 13.1 Å². The fourth-order valence-corrected chi connectivity index (χ4v) is 3.77. The topological polar surface area (TPSA) is 81.4 Å². The number of nitrogens with two attached hydrogens (primary N) is 1. The summed E-state index contributed by atoms with van der Waals surface area (Å²) in [5.74, 6) is 0.757. The normalized spacial score (nSPS) is 29.7. The lowest BCUT2D eigenvalue weighted by Gasteiger charge is -2.19. The molecule has 0 bridgehead atoms. The van der Waals surface area contributed by atoms with Crippen LogP contribution in [0.2, 0.25) is 0 Å². The van der Waals surface area contributed by atoms with Crippen LogP contribution in [-0.2, 0) is 14.8 Å². The lowest BCUT2D eigenvalue weighted by atomic mass is 10.1. The van der Waals surface area contributed by atoms with Crippen LogP contribution in [0, 0.1) is 5.92 Å². The van der Waals surface area contributed by atoms with Crippen molar-refractivity contribution >= 4 is 10.0 Å². The van der Waals surface area contributed by atoms with Crippen molar-refractivity contribution in [2.45, 2.75) is 44.2 Å². The minimum atomic E-state index is -3.16. The Morgan fingerprint density at radius 3 is 2.65 bits per heavy atom. The third-order valence-corrected chi connectivity index (χ3v) is 4.91. The zero-order chi connectivity index (χ0) is 12.3. The van der Waals surface area contributed by atoms with E-state index in [1.807, 2.05) is 0 Å².